The first-order chi connectivity index (χ1) is 8.61. The van der Waals surface area contributed by atoms with Gasteiger partial charge in [-0.1, -0.05) is 18.5 Å². The van der Waals surface area contributed by atoms with Crippen molar-refractivity contribution in [1.82, 2.24) is 0 Å². The van der Waals surface area contributed by atoms with Gasteiger partial charge < -0.3 is 10.0 Å². The maximum Gasteiger partial charge on any atom is 0.240 e. The van der Waals surface area contributed by atoms with Crippen molar-refractivity contribution in [3.63, 3.8) is 0 Å². The zero-order valence-corrected chi connectivity index (χ0v) is 11.7. The third-order valence-electron chi connectivity index (χ3n) is 2.95. The highest BCUT2D eigenvalue weighted by Gasteiger charge is 2.33. The Balaban J connectivity index is 2.05. The zero-order chi connectivity index (χ0) is 13.1. The van der Waals surface area contributed by atoms with Gasteiger partial charge in [0.1, 0.15) is 0 Å². The average Bonchev–Trinajstić information content (AvgIpc) is 2.72. The molecule has 1 heterocycles. The quantitative estimate of drug-likeness (QED) is 0.924. The molecular weight excluding hydrogens is 270 g/mol. The van der Waals surface area contributed by atoms with Crippen molar-refractivity contribution in [3.05, 3.63) is 29.3 Å². The first-order valence-electron chi connectivity index (χ1n) is 5.95. The van der Waals surface area contributed by atoms with Gasteiger partial charge in [0.15, 0.2) is 0 Å². The number of amides is 1. The van der Waals surface area contributed by atoms with E-state index in [2.05, 4.69) is 0 Å². The lowest BCUT2D eigenvalue weighted by atomic mass is 10.3. The van der Waals surface area contributed by atoms with Crippen LogP contribution in [-0.2, 0) is 4.79 Å². The van der Waals surface area contributed by atoms with Crippen molar-refractivity contribution in [3.8, 4) is 0 Å². The van der Waals surface area contributed by atoms with E-state index in [0.29, 0.717) is 5.02 Å². The molecular formula is C13H16ClNO2S. The van der Waals surface area contributed by atoms with Gasteiger partial charge in [0, 0.05) is 22.5 Å². The van der Waals surface area contributed by atoms with Crippen molar-refractivity contribution < 1.29 is 9.90 Å². The molecule has 98 valence electrons. The number of benzene rings is 1. The van der Waals surface area contributed by atoms with Crippen LogP contribution in [0, 0.1) is 0 Å². The Kier molecular flexibility index (Phi) is 4.54. The van der Waals surface area contributed by atoms with E-state index >= 15 is 0 Å². The molecule has 1 aromatic carbocycles. The fourth-order valence-electron chi connectivity index (χ4n) is 1.98. The van der Waals surface area contributed by atoms with Crippen LogP contribution in [0.15, 0.2) is 24.3 Å². The Morgan fingerprint density at radius 1 is 1.50 bits per heavy atom. The van der Waals surface area contributed by atoms with Crippen LogP contribution in [-0.4, -0.2) is 34.7 Å². The second-order valence-corrected chi connectivity index (χ2v) is 6.46. The lowest BCUT2D eigenvalue weighted by Crippen LogP contribution is -2.28. The number of anilines is 1. The standard InChI is InChI=1S/C13H16ClNO2S/c1-9(8-16)18-12-6-7-15(13(12)17)11-4-2-10(14)3-5-11/h2-5,9,12,16H,6-8H2,1H3/t9-,12+/m1/s1. The maximum atomic E-state index is 12.2. The summed E-state index contributed by atoms with van der Waals surface area (Å²) in [5.41, 5.74) is 0.893. The lowest BCUT2D eigenvalue weighted by molar-refractivity contribution is -0.116. The molecule has 1 N–H and O–H groups in total. The molecule has 0 radical (unpaired) electrons. The minimum atomic E-state index is -0.0390. The highest BCUT2D eigenvalue weighted by molar-refractivity contribution is 8.01. The number of thioether (sulfide) groups is 1. The molecule has 3 nitrogen and oxygen atoms in total. The number of aliphatic hydroxyl groups is 1. The van der Waals surface area contributed by atoms with Crippen LogP contribution >= 0.6 is 23.4 Å². The summed E-state index contributed by atoms with van der Waals surface area (Å²) in [5, 5.41) is 9.77. The van der Waals surface area contributed by atoms with E-state index in [-0.39, 0.29) is 23.0 Å². The summed E-state index contributed by atoms with van der Waals surface area (Å²) in [6.07, 6.45) is 0.830. The first-order valence-corrected chi connectivity index (χ1v) is 7.27. The number of hydrogen-bond donors (Lipinski definition) is 1. The third-order valence-corrected chi connectivity index (χ3v) is 4.58. The number of halogens is 1. The van der Waals surface area contributed by atoms with Gasteiger partial charge >= 0.3 is 0 Å². The lowest BCUT2D eigenvalue weighted by Gasteiger charge is -2.17. The van der Waals surface area contributed by atoms with Crippen molar-refractivity contribution >= 4 is 35.0 Å². The maximum absolute atomic E-state index is 12.2. The van der Waals surface area contributed by atoms with Gasteiger partial charge in [0.25, 0.3) is 0 Å². The van der Waals surface area contributed by atoms with Crippen LogP contribution in [0.1, 0.15) is 13.3 Å². The average molecular weight is 286 g/mol. The Bertz CT molecular complexity index is 424. The SMILES string of the molecule is C[C@H](CO)S[C@H]1CCN(c2ccc(Cl)cc2)C1=O. The monoisotopic (exact) mass is 285 g/mol. The molecule has 1 saturated heterocycles. The minimum Gasteiger partial charge on any atom is -0.395 e. The van der Waals surface area contributed by atoms with E-state index in [0.717, 1.165) is 18.7 Å². The van der Waals surface area contributed by atoms with Crippen LogP contribution in [0.25, 0.3) is 0 Å². The topological polar surface area (TPSA) is 40.5 Å². The summed E-state index contributed by atoms with van der Waals surface area (Å²) in [6.45, 7) is 2.77. The van der Waals surface area contributed by atoms with Crippen molar-refractivity contribution in [1.29, 1.82) is 0 Å². The van der Waals surface area contributed by atoms with Crippen molar-refractivity contribution in [2.75, 3.05) is 18.1 Å². The minimum absolute atomic E-state index is 0.0390. The highest BCUT2D eigenvalue weighted by Crippen LogP contribution is 2.31. The molecule has 1 fully saturated rings. The normalized spacial score (nSPS) is 21.4. The van der Waals surface area contributed by atoms with Gasteiger partial charge in [-0.15, -0.1) is 11.8 Å². The van der Waals surface area contributed by atoms with Crippen molar-refractivity contribution in [2.45, 2.75) is 23.8 Å². The number of nitrogens with zero attached hydrogens (tertiary/aromatic N) is 1. The largest absolute Gasteiger partial charge is 0.395 e. The summed E-state index contributed by atoms with van der Waals surface area (Å²) >= 11 is 7.39. The van der Waals surface area contributed by atoms with Gasteiger partial charge in [-0.3, -0.25) is 4.79 Å². The molecule has 18 heavy (non-hydrogen) atoms. The van der Waals surface area contributed by atoms with Crippen LogP contribution in [0.5, 0.6) is 0 Å². The molecule has 1 aliphatic rings. The fourth-order valence-corrected chi connectivity index (χ4v) is 3.24. The summed E-state index contributed by atoms with van der Waals surface area (Å²) in [6, 6.07) is 7.31. The van der Waals surface area contributed by atoms with E-state index in [1.165, 1.54) is 0 Å². The molecule has 0 aromatic heterocycles. The third kappa shape index (κ3) is 2.99. The predicted molar refractivity (Wildman–Crippen MR) is 76.3 cm³/mol. The molecule has 0 aliphatic carbocycles. The molecule has 1 aliphatic heterocycles. The number of aliphatic hydroxyl groups excluding tert-OH is 1. The van der Waals surface area contributed by atoms with Gasteiger partial charge in [-0.05, 0) is 30.7 Å². The molecule has 0 bridgehead atoms. The fraction of sp³-hybridized carbons (Fsp3) is 0.462. The van der Waals surface area contributed by atoms with E-state index < -0.39 is 0 Å². The summed E-state index contributed by atoms with van der Waals surface area (Å²) in [5.74, 6) is 0.127. The van der Waals surface area contributed by atoms with E-state index in [4.69, 9.17) is 16.7 Å². The number of carbonyl (C=O) groups is 1. The molecule has 0 saturated carbocycles. The van der Waals surface area contributed by atoms with Gasteiger partial charge in [0.2, 0.25) is 5.91 Å². The molecule has 2 atom stereocenters. The van der Waals surface area contributed by atoms with Gasteiger partial charge in [-0.25, -0.2) is 0 Å². The molecule has 2 rings (SSSR count). The Labute approximate surface area is 116 Å². The second-order valence-electron chi connectivity index (χ2n) is 4.37. The molecule has 0 unspecified atom stereocenters. The highest BCUT2D eigenvalue weighted by atomic mass is 35.5. The summed E-state index contributed by atoms with van der Waals surface area (Å²) < 4.78 is 0. The van der Waals surface area contributed by atoms with Gasteiger partial charge in [-0.2, -0.15) is 0 Å². The van der Waals surface area contributed by atoms with Crippen LogP contribution in [0.3, 0.4) is 0 Å². The van der Waals surface area contributed by atoms with Crippen LogP contribution in [0.4, 0.5) is 5.69 Å². The van der Waals surface area contributed by atoms with Gasteiger partial charge in [0.05, 0.1) is 11.9 Å². The smallest absolute Gasteiger partial charge is 0.240 e. The van der Waals surface area contributed by atoms with Crippen LogP contribution < -0.4 is 4.90 Å². The number of rotatable bonds is 4. The van der Waals surface area contributed by atoms with Crippen molar-refractivity contribution in [2.24, 2.45) is 0 Å². The summed E-state index contributed by atoms with van der Waals surface area (Å²) in [7, 11) is 0. The zero-order valence-electron chi connectivity index (χ0n) is 10.2. The molecule has 1 aromatic rings. The Hall–Kier alpha value is -0.710. The number of carbonyl (C=O) groups excluding carboxylic acids is 1. The number of hydrogen-bond acceptors (Lipinski definition) is 3. The molecule has 5 heteroatoms. The van der Waals surface area contributed by atoms with E-state index in [1.807, 2.05) is 19.1 Å². The Morgan fingerprint density at radius 3 is 2.78 bits per heavy atom. The summed E-state index contributed by atoms with van der Waals surface area (Å²) in [4.78, 5) is 14.0. The molecule has 0 spiro atoms. The predicted octanol–water partition coefficient (Wildman–Crippen LogP) is 2.56. The Morgan fingerprint density at radius 2 is 2.17 bits per heavy atom. The van der Waals surface area contributed by atoms with Crippen LogP contribution in [0.2, 0.25) is 5.02 Å². The second kappa shape index (κ2) is 5.95. The van der Waals surface area contributed by atoms with E-state index in [1.54, 1.807) is 28.8 Å². The van der Waals surface area contributed by atoms with E-state index in [9.17, 15) is 4.79 Å². The first kappa shape index (κ1) is 13.7. The molecule has 1 amide bonds.